The average molecular weight is 270 g/mol. The molecule has 0 spiro atoms. The van der Waals surface area contributed by atoms with Crippen molar-refractivity contribution in [1.82, 2.24) is 9.80 Å². The van der Waals surface area contributed by atoms with Crippen molar-refractivity contribution in [2.45, 2.75) is 25.8 Å². The predicted molar refractivity (Wildman–Crippen MR) is 68.8 cm³/mol. The summed E-state index contributed by atoms with van der Waals surface area (Å²) in [4.78, 5) is 27.0. The summed E-state index contributed by atoms with van der Waals surface area (Å²) in [6.07, 6.45) is 0.819. The van der Waals surface area contributed by atoms with E-state index in [-0.39, 0.29) is 11.9 Å². The van der Waals surface area contributed by atoms with Gasteiger partial charge in [-0.15, -0.1) is 0 Å². The van der Waals surface area contributed by atoms with Crippen molar-refractivity contribution in [3.05, 3.63) is 0 Å². The molecule has 0 radical (unpaired) electrons. The number of piperidine rings is 1. The average Bonchev–Trinajstić information content (AvgIpc) is 2.40. The minimum atomic E-state index is -0.795. The molecule has 2 heterocycles. The van der Waals surface area contributed by atoms with E-state index in [0.717, 1.165) is 32.8 Å². The lowest BCUT2D eigenvalue weighted by Gasteiger charge is -2.38. The highest BCUT2D eigenvalue weighted by Gasteiger charge is 2.33. The van der Waals surface area contributed by atoms with Gasteiger partial charge < -0.3 is 14.7 Å². The summed E-state index contributed by atoms with van der Waals surface area (Å²) in [6.45, 7) is 6.37. The molecular weight excluding hydrogens is 248 g/mol. The van der Waals surface area contributed by atoms with Gasteiger partial charge in [-0.25, -0.2) is 0 Å². The van der Waals surface area contributed by atoms with Crippen LogP contribution in [0.25, 0.3) is 0 Å². The van der Waals surface area contributed by atoms with E-state index in [2.05, 4.69) is 4.90 Å². The van der Waals surface area contributed by atoms with Crippen LogP contribution in [0.2, 0.25) is 0 Å². The first-order chi connectivity index (χ1) is 9.08. The number of morpholine rings is 1. The maximum Gasteiger partial charge on any atom is 0.308 e. The van der Waals surface area contributed by atoms with Crippen LogP contribution in [0.5, 0.6) is 0 Å². The van der Waals surface area contributed by atoms with Crippen molar-refractivity contribution in [2.75, 3.05) is 39.4 Å². The summed E-state index contributed by atoms with van der Waals surface area (Å²) in [7, 11) is 0. The molecule has 0 aromatic carbocycles. The zero-order chi connectivity index (χ0) is 13.8. The molecular formula is C13H22N2O4. The summed E-state index contributed by atoms with van der Waals surface area (Å²) >= 11 is 0. The number of rotatable bonds is 4. The van der Waals surface area contributed by atoms with Crippen molar-refractivity contribution in [1.29, 1.82) is 0 Å². The zero-order valence-corrected chi connectivity index (χ0v) is 11.4. The highest BCUT2D eigenvalue weighted by molar-refractivity contribution is 5.80. The molecule has 2 rings (SSSR count). The Hall–Kier alpha value is -1.14. The molecule has 108 valence electrons. The van der Waals surface area contributed by atoms with Gasteiger partial charge in [-0.3, -0.25) is 14.5 Å². The number of amides is 1. The van der Waals surface area contributed by atoms with Crippen molar-refractivity contribution in [3.63, 3.8) is 0 Å². The fourth-order valence-electron chi connectivity index (χ4n) is 2.76. The Morgan fingerprint density at radius 2 is 2.16 bits per heavy atom. The number of carbonyl (C=O) groups excluding carboxylic acids is 1. The summed E-state index contributed by atoms with van der Waals surface area (Å²) in [5.41, 5.74) is 0. The van der Waals surface area contributed by atoms with E-state index < -0.39 is 11.9 Å². The molecule has 2 atom stereocenters. The molecule has 0 aliphatic carbocycles. The van der Waals surface area contributed by atoms with Gasteiger partial charge in [0.25, 0.3) is 0 Å². The second-order valence-corrected chi connectivity index (χ2v) is 5.38. The van der Waals surface area contributed by atoms with Crippen LogP contribution in [0.15, 0.2) is 0 Å². The molecule has 6 nitrogen and oxygen atoms in total. The molecule has 6 heteroatoms. The van der Waals surface area contributed by atoms with E-state index in [1.807, 2.05) is 6.92 Å². The van der Waals surface area contributed by atoms with Crippen LogP contribution >= 0.6 is 0 Å². The summed E-state index contributed by atoms with van der Waals surface area (Å²) < 4.78 is 5.30. The number of ether oxygens (including phenoxy) is 1. The topological polar surface area (TPSA) is 70.1 Å². The second kappa shape index (κ2) is 6.34. The fourth-order valence-corrected chi connectivity index (χ4v) is 2.76. The number of carboxylic acids is 1. The largest absolute Gasteiger partial charge is 0.481 e. The predicted octanol–water partition coefficient (Wildman–Crippen LogP) is 0.0303. The lowest BCUT2D eigenvalue weighted by Crippen LogP contribution is -2.52. The Labute approximate surface area is 113 Å². The lowest BCUT2D eigenvalue weighted by atomic mass is 9.96. The van der Waals surface area contributed by atoms with Gasteiger partial charge in [0.05, 0.1) is 19.1 Å². The number of likely N-dealkylation sites (tertiary alicyclic amines) is 1. The van der Waals surface area contributed by atoms with E-state index in [1.54, 1.807) is 4.90 Å². The van der Waals surface area contributed by atoms with Gasteiger partial charge in [0.2, 0.25) is 5.91 Å². The molecule has 0 aromatic rings. The normalized spacial score (nSPS) is 27.3. The van der Waals surface area contributed by atoms with E-state index in [4.69, 9.17) is 9.84 Å². The summed E-state index contributed by atoms with van der Waals surface area (Å²) in [5, 5.41) is 9.08. The third kappa shape index (κ3) is 3.67. The first-order valence-electron chi connectivity index (χ1n) is 6.90. The SMILES string of the molecule is CC(CN1CCOCC1)N1CC(C(=O)O)CCC1=O. The standard InChI is InChI=1S/C13H22N2O4/c1-10(8-14-4-6-19-7-5-14)15-9-11(13(17)18)2-3-12(15)16/h10-11H,2-9H2,1H3,(H,17,18). The third-order valence-electron chi connectivity index (χ3n) is 3.95. The van der Waals surface area contributed by atoms with Crippen LogP contribution in [0.3, 0.4) is 0 Å². The fraction of sp³-hybridized carbons (Fsp3) is 0.846. The zero-order valence-electron chi connectivity index (χ0n) is 11.4. The van der Waals surface area contributed by atoms with Crippen molar-refractivity contribution < 1.29 is 19.4 Å². The molecule has 1 N–H and O–H groups in total. The number of nitrogens with zero attached hydrogens (tertiary/aromatic N) is 2. The minimum Gasteiger partial charge on any atom is -0.481 e. The van der Waals surface area contributed by atoms with E-state index in [1.165, 1.54) is 0 Å². The third-order valence-corrected chi connectivity index (χ3v) is 3.95. The van der Waals surface area contributed by atoms with Gasteiger partial charge in [-0.2, -0.15) is 0 Å². The van der Waals surface area contributed by atoms with E-state index >= 15 is 0 Å². The number of hydrogen-bond donors (Lipinski definition) is 1. The van der Waals surface area contributed by atoms with Gasteiger partial charge in [0.15, 0.2) is 0 Å². The van der Waals surface area contributed by atoms with Crippen molar-refractivity contribution >= 4 is 11.9 Å². The van der Waals surface area contributed by atoms with Crippen LogP contribution in [0.4, 0.5) is 0 Å². The number of aliphatic carboxylic acids is 1. The van der Waals surface area contributed by atoms with Gasteiger partial charge in [0, 0.05) is 38.6 Å². The van der Waals surface area contributed by atoms with E-state index in [9.17, 15) is 9.59 Å². The Kier molecular flexibility index (Phi) is 4.76. The molecule has 19 heavy (non-hydrogen) atoms. The number of hydrogen-bond acceptors (Lipinski definition) is 4. The highest BCUT2D eigenvalue weighted by atomic mass is 16.5. The second-order valence-electron chi connectivity index (χ2n) is 5.38. The van der Waals surface area contributed by atoms with Crippen LogP contribution in [-0.4, -0.2) is 72.2 Å². The first-order valence-corrected chi connectivity index (χ1v) is 6.90. The van der Waals surface area contributed by atoms with Gasteiger partial charge in [0.1, 0.15) is 0 Å². The molecule has 2 unspecified atom stereocenters. The Bertz CT molecular complexity index is 342. The molecule has 2 saturated heterocycles. The molecule has 0 aromatic heterocycles. The van der Waals surface area contributed by atoms with Crippen molar-refractivity contribution in [3.8, 4) is 0 Å². The maximum atomic E-state index is 11.9. The number of carboxylic acid groups (broad SMARTS) is 1. The molecule has 0 saturated carbocycles. The molecule has 1 amide bonds. The van der Waals surface area contributed by atoms with E-state index in [0.29, 0.717) is 19.4 Å². The van der Waals surface area contributed by atoms with Crippen LogP contribution in [0.1, 0.15) is 19.8 Å². The maximum absolute atomic E-state index is 11.9. The Morgan fingerprint density at radius 1 is 1.47 bits per heavy atom. The summed E-state index contributed by atoms with van der Waals surface area (Å²) in [6, 6.07) is 0.0627. The van der Waals surface area contributed by atoms with Crippen LogP contribution in [-0.2, 0) is 14.3 Å². The highest BCUT2D eigenvalue weighted by Crippen LogP contribution is 2.20. The van der Waals surface area contributed by atoms with Gasteiger partial charge >= 0.3 is 5.97 Å². The van der Waals surface area contributed by atoms with Gasteiger partial charge in [-0.1, -0.05) is 0 Å². The quantitative estimate of drug-likeness (QED) is 0.780. The Balaban J connectivity index is 1.90. The molecule has 2 fully saturated rings. The first kappa shape index (κ1) is 14.3. The smallest absolute Gasteiger partial charge is 0.308 e. The molecule has 2 aliphatic heterocycles. The van der Waals surface area contributed by atoms with Crippen molar-refractivity contribution in [2.24, 2.45) is 5.92 Å². The minimum absolute atomic E-state index is 0.0627. The lowest BCUT2D eigenvalue weighted by molar-refractivity contribution is -0.148. The number of carbonyl (C=O) groups is 2. The van der Waals surface area contributed by atoms with Crippen LogP contribution < -0.4 is 0 Å². The summed E-state index contributed by atoms with van der Waals surface area (Å²) in [5.74, 6) is -1.13. The monoisotopic (exact) mass is 270 g/mol. The molecule has 0 bridgehead atoms. The Morgan fingerprint density at radius 3 is 2.79 bits per heavy atom. The van der Waals surface area contributed by atoms with Gasteiger partial charge in [-0.05, 0) is 13.3 Å². The molecule has 2 aliphatic rings. The van der Waals surface area contributed by atoms with Crippen LogP contribution in [0, 0.1) is 5.92 Å².